The van der Waals surface area contributed by atoms with Gasteiger partial charge in [0.2, 0.25) is 0 Å². The van der Waals surface area contributed by atoms with Crippen LogP contribution < -0.4 is 14.8 Å². The van der Waals surface area contributed by atoms with Crippen LogP contribution in [-0.4, -0.2) is 47.6 Å². The number of hydrogen-bond donors (Lipinski definition) is 1. The Hall–Kier alpha value is -2.83. The second-order valence-electron chi connectivity index (χ2n) is 6.46. The number of likely N-dealkylation sites (tertiary alicyclic amines) is 1. The molecule has 26 heavy (non-hydrogen) atoms. The Bertz CT molecular complexity index is 840. The Morgan fingerprint density at radius 1 is 1.27 bits per heavy atom. The van der Waals surface area contributed by atoms with Crippen LogP contribution in [-0.2, 0) is 0 Å². The lowest BCUT2D eigenvalue weighted by molar-refractivity contribution is 0.0722. The van der Waals surface area contributed by atoms with Crippen molar-refractivity contribution in [2.24, 2.45) is 0 Å². The van der Waals surface area contributed by atoms with Crippen LogP contribution in [0, 0.1) is 6.92 Å². The number of ether oxygens (including phenoxy) is 2. The van der Waals surface area contributed by atoms with Gasteiger partial charge in [-0.1, -0.05) is 6.07 Å². The molecule has 1 saturated heterocycles. The van der Waals surface area contributed by atoms with Gasteiger partial charge in [-0.2, -0.15) is 0 Å². The maximum atomic E-state index is 13.3. The molecule has 1 aromatic heterocycles. The first kappa shape index (κ1) is 16.6. The molecule has 1 N–H and O–H groups in total. The lowest BCUT2D eigenvalue weighted by Gasteiger charge is -2.27. The van der Waals surface area contributed by atoms with E-state index < -0.39 is 0 Å². The minimum atomic E-state index is -0.0586. The summed E-state index contributed by atoms with van der Waals surface area (Å²) < 4.78 is 11.3. The average Bonchev–Trinajstić information content (AvgIpc) is 3.16. The Morgan fingerprint density at radius 3 is 2.96 bits per heavy atom. The summed E-state index contributed by atoms with van der Waals surface area (Å²) in [5, 5.41) is 3.06. The quantitative estimate of drug-likeness (QED) is 0.913. The molecule has 1 aromatic carbocycles. The van der Waals surface area contributed by atoms with Gasteiger partial charge in [-0.25, -0.2) is 9.97 Å². The molecule has 2 aliphatic rings. The Balaban J connectivity index is 1.67. The molecule has 1 fully saturated rings. The van der Waals surface area contributed by atoms with Crippen molar-refractivity contribution in [2.75, 3.05) is 32.1 Å². The van der Waals surface area contributed by atoms with Crippen LogP contribution in [0.15, 0.2) is 24.3 Å². The molecule has 2 aliphatic heterocycles. The molecular weight excluding hydrogens is 332 g/mol. The minimum absolute atomic E-state index is 0.0443. The van der Waals surface area contributed by atoms with Crippen molar-refractivity contribution in [1.29, 1.82) is 0 Å². The van der Waals surface area contributed by atoms with Crippen molar-refractivity contribution in [3.05, 3.63) is 41.3 Å². The van der Waals surface area contributed by atoms with Gasteiger partial charge in [-0.15, -0.1) is 0 Å². The normalized spacial score (nSPS) is 18.7. The third-order valence-corrected chi connectivity index (χ3v) is 4.77. The van der Waals surface area contributed by atoms with E-state index in [0.29, 0.717) is 42.6 Å². The van der Waals surface area contributed by atoms with Gasteiger partial charge in [0.25, 0.3) is 5.91 Å². The zero-order valence-corrected chi connectivity index (χ0v) is 15.0. The molecular formula is C19H22N4O3. The molecule has 2 aromatic rings. The molecule has 3 heterocycles. The van der Waals surface area contributed by atoms with E-state index in [2.05, 4.69) is 15.3 Å². The van der Waals surface area contributed by atoms with E-state index in [1.54, 1.807) is 6.07 Å². The second kappa shape index (κ2) is 6.82. The number of para-hydroxylation sites is 1. The highest BCUT2D eigenvalue weighted by molar-refractivity contribution is 5.98. The van der Waals surface area contributed by atoms with Crippen LogP contribution >= 0.6 is 0 Å². The molecule has 7 heteroatoms. The number of anilines is 1. The fourth-order valence-electron chi connectivity index (χ4n) is 3.60. The number of nitrogens with one attached hydrogen (secondary N) is 1. The Kier molecular flexibility index (Phi) is 4.36. The second-order valence-corrected chi connectivity index (χ2v) is 6.46. The number of nitrogens with zero attached hydrogens (tertiary/aromatic N) is 3. The lowest BCUT2D eigenvalue weighted by atomic mass is 10.1. The van der Waals surface area contributed by atoms with Crippen molar-refractivity contribution in [3.8, 4) is 11.5 Å². The van der Waals surface area contributed by atoms with Gasteiger partial charge in [-0.3, -0.25) is 4.79 Å². The number of carbonyl (C=O) groups excluding carboxylic acids is 1. The van der Waals surface area contributed by atoms with Crippen LogP contribution in [0.3, 0.4) is 0 Å². The van der Waals surface area contributed by atoms with Crippen molar-refractivity contribution in [3.63, 3.8) is 0 Å². The van der Waals surface area contributed by atoms with Gasteiger partial charge in [0.1, 0.15) is 24.9 Å². The van der Waals surface area contributed by atoms with E-state index in [1.807, 2.05) is 37.1 Å². The summed E-state index contributed by atoms with van der Waals surface area (Å²) in [4.78, 5) is 24.1. The highest BCUT2D eigenvalue weighted by Gasteiger charge is 2.34. The average molecular weight is 354 g/mol. The third kappa shape index (κ3) is 2.94. The van der Waals surface area contributed by atoms with Crippen LogP contribution in [0.1, 0.15) is 40.8 Å². The van der Waals surface area contributed by atoms with Gasteiger partial charge in [0, 0.05) is 19.7 Å². The molecule has 0 saturated carbocycles. The first-order valence-electron chi connectivity index (χ1n) is 8.90. The molecule has 0 radical (unpaired) electrons. The summed E-state index contributed by atoms with van der Waals surface area (Å²) in [7, 11) is 1.83. The van der Waals surface area contributed by atoms with E-state index in [9.17, 15) is 4.79 Å². The van der Waals surface area contributed by atoms with E-state index in [1.165, 1.54) is 0 Å². The van der Waals surface area contributed by atoms with E-state index in [-0.39, 0.29) is 11.9 Å². The van der Waals surface area contributed by atoms with Crippen molar-refractivity contribution in [1.82, 2.24) is 14.9 Å². The Labute approximate surface area is 152 Å². The highest BCUT2D eigenvalue weighted by Crippen LogP contribution is 2.38. The SMILES string of the molecule is CNc1cc([C@H]2CCCN2C(=O)c2cccc3c2OCCO3)nc(C)n1. The number of aryl methyl sites for hydroxylation is 1. The number of rotatable bonds is 3. The largest absolute Gasteiger partial charge is 0.486 e. The number of benzene rings is 1. The summed E-state index contributed by atoms with van der Waals surface area (Å²) in [6, 6.07) is 7.33. The molecule has 4 rings (SSSR count). The summed E-state index contributed by atoms with van der Waals surface area (Å²) in [5.74, 6) is 2.59. The van der Waals surface area contributed by atoms with Crippen LogP contribution in [0.25, 0.3) is 0 Å². The van der Waals surface area contributed by atoms with Crippen LogP contribution in [0.2, 0.25) is 0 Å². The van der Waals surface area contributed by atoms with Crippen molar-refractivity contribution < 1.29 is 14.3 Å². The van der Waals surface area contributed by atoms with Gasteiger partial charge in [0.15, 0.2) is 11.5 Å². The van der Waals surface area contributed by atoms with E-state index in [0.717, 1.165) is 24.4 Å². The molecule has 136 valence electrons. The fraction of sp³-hybridized carbons (Fsp3) is 0.421. The monoisotopic (exact) mass is 354 g/mol. The number of hydrogen-bond acceptors (Lipinski definition) is 6. The molecule has 0 spiro atoms. The Morgan fingerprint density at radius 2 is 2.12 bits per heavy atom. The molecule has 0 aliphatic carbocycles. The van der Waals surface area contributed by atoms with Crippen molar-refractivity contribution >= 4 is 11.7 Å². The summed E-state index contributed by atoms with van der Waals surface area (Å²) >= 11 is 0. The van der Waals surface area contributed by atoms with E-state index >= 15 is 0 Å². The van der Waals surface area contributed by atoms with E-state index in [4.69, 9.17) is 9.47 Å². The molecule has 0 unspecified atom stereocenters. The van der Waals surface area contributed by atoms with Gasteiger partial charge >= 0.3 is 0 Å². The van der Waals surface area contributed by atoms with Gasteiger partial charge < -0.3 is 19.7 Å². The molecule has 1 atom stereocenters. The summed E-state index contributed by atoms with van der Waals surface area (Å²) in [6.07, 6.45) is 1.83. The number of carbonyl (C=O) groups is 1. The molecule has 7 nitrogen and oxygen atoms in total. The lowest BCUT2D eigenvalue weighted by Crippen LogP contribution is -2.32. The topological polar surface area (TPSA) is 76.6 Å². The number of fused-ring (bicyclic) bond motifs is 1. The molecule has 0 bridgehead atoms. The third-order valence-electron chi connectivity index (χ3n) is 4.77. The maximum absolute atomic E-state index is 13.3. The smallest absolute Gasteiger partial charge is 0.258 e. The highest BCUT2D eigenvalue weighted by atomic mass is 16.6. The summed E-state index contributed by atoms with van der Waals surface area (Å²) in [5.41, 5.74) is 1.42. The predicted octanol–water partition coefficient (Wildman–Crippen LogP) is 2.58. The first-order chi connectivity index (χ1) is 12.7. The number of amides is 1. The maximum Gasteiger partial charge on any atom is 0.258 e. The summed E-state index contributed by atoms with van der Waals surface area (Å²) in [6.45, 7) is 3.53. The predicted molar refractivity (Wildman–Crippen MR) is 96.8 cm³/mol. The van der Waals surface area contributed by atoms with Gasteiger partial charge in [0.05, 0.1) is 17.3 Å². The van der Waals surface area contributed by atoms with Gasteiger partial charge in [-0.05, 0) is 31.9 Å². The standard InChI is InChI=1S/C19H22N4O3/c1-12-21-14(11-17(20-2)22-12)15-6-4-8-23(15)19(24)13-5-3-7-16-18(13)26-10-9-25-16/h3,5,7,11,15H,4,6,8-10H2,1-2H3,(H,20,21,22)/t15-/m1/s1. The number of aromatic nitrogens is 2. The minimum Gasteiger partial charge on any atom is -0.486 e. The zero-order valence-electron chi connectivity index (χ0n) is 15.0. The first-order valence-corrected chi connectivity index (χ1v) is 8.90. The fourth-order valence-corrected chi connectivity index (χ4v) is 3.60. The van der Waals surface area contributed by atoms with Crippen LogP contribution in [0.5, 0.6) is 11.5 Å². The zero-order chi connectivity index (χ0) is 18.1. The van der Waals surface area contributed by atoms with Crippen molar-refractivity contribution in [2.45, 2.75) is 25.8 Å². The molecule has 1 amide bonds. The van der Waals surface area contributed by atoms with Crippen LogP contribution in [0.4, 0.5) is 5.82 Å².